The first-order valence-corrected chi connectivity index (χ1v) is 14.2. The number of nitrogens with zero attached hydrogens (tertiary/aromatic N) is 3. The van der Waals surface area contributed by atoms with Gasteiger partial charge in [0.05, 0.1) is 31.3 Å². The Bertz CT molecular complexity index is 1270. The zero-order chi connectivity index (χ0) is 25.7. The molecule has 0 atom stereocenters. The number of methoxy groups -OCH3 is 1. The Morgan fingerprint density at radius 3 is 2.41 bits per heavy atom. The summed E-state index contributed by atoms with van der Waals surface area (Å²) in [6.07, 6.45) is 8.24. The van der Waals surface area contributed by atoms with Crippen molar-refractivity contribution >= 4 is 21.4 Å². The maximum atomic E-state index is 13.1. The molecular formula is C28H33N3O5S. The normalized spacial score (nSPS) is 17.0. The van der Waals surface area contributed by atoms with Crippen molar-refractivity contribution in [2.45, 2.75) is 43.2 Å². The van der Waals surface area contributed by atoms with Crippen molar-refractivity contribution in [2.75, 3.05) is 38.3 Å². The summed E-state index contributed by atoms with van der Waals surface area (Å²) in [5, 5.41) is 0. The van der Waals surface area contributed by atoms with Crippen LogP contribution in [0.25, 0.3) is 0 Å². The van der Waals surface area contributed by atoms with E-state index in [0.29, 0.717) is 38.6 Å². The van der Waals surface area contributed by atoms with Gasteiger partial charge >= 0.3 is 0 Å². The highest BCUT2D eigenvalue weighted by molar-refractivity contribution is 7.89. The third-order valence-corrected chi connectivity index (χ3v) is 8.79. The van der Waals surface area contributed by atoms with E-state index in [4.69, 9.17) is 14.2 Å². The molecule has 5 rings (SSSR count). The number of anilines is 2. The first-order valence-electron chi connectivity index (χ1n) is 12.7. The van der Waals surface area contributed by atoms with Gasteiger partial charge in [0.2, 0.25) is 10.0 Å². The Labute approximate surface area is 218 Å². The van der Waals surface area contributed by atoms with Crippen LogP contribution in [0.3, 0.4) is 0 Å². The van der Waals surface area contributed by atoms with Crippen LogP contribution in [-0.4, -0.2) is 57.2 Å². The van der Waals surface area contributed by atoms with Gasteiger partial charge in [0.25, 0.3) is 0 Å². The van der Waals surface area contributed by atoms with E-state index in [1.807, 2.05) is 48.7 Å². The summed E-state index contributed by atoms with van der Waals surface area (Å²) in [6.45, 7) is 2.12. The molecule has 37 heavy (non-hydrogen) atoms. The molecule has 0 spiro atoms. The molecule has 3 aromatic rings. The number of morpholine rings is 1. The van der Waals surface area contributed by atoms with Gasteiger partial charge in [-0.2, -0.15) is 4.31 Å². The number of sulfonamides is 1. The van der Waals surface area contributed by atoms with Crippen molar-refractivity contribution in [3.63, 3.8) is 0 Å². The summed E-state index contributed by atoms with van der Waals surface area (Å²) in [6, 6.07) is 16.9. The minimum atomic E-state index is -3.57. The quantitative estimate of drug-likeness (QED) is 0.400. The number of hydrogen-bond acceptors (Lipinski definition) is 7. The lowest BCUT2D eigenvalue weighted by molar-refractivity contribution is 0.0730. The predicted octanol–water partition coefficient (Wildman–Crippen LogP) is 4.77. The standard InChI is InChI=1S/C28H33N3O5S/c1-34-27-13-10-24(19-28(27)36-25-6-2-3-7-25)31(21-22-5-4-14-29-20-22)23-8-11-26(12-9-23)37(32,33)30-15-17-35-18-16-30/h4-5,8-14,19-20,25H,2-3,6-7,15-18,21H2,1H3. The minimum Gasteiger partial charge on any atom is -0.493 e. The van der Waals surface area contributed by atoms with E-state index in [0.717, 1.165) is 35.5 Å². The third-order valence-electron chi connectivity index (χ3n) is 6.87. The molecule has 1 saturated heterocycles. The number of pyridine rings is 1. The molecule has 0 amide bonds. The Kier molecular flexibility index (Phi) is 7.93. The molecule has 196 valence electrons. The molecule has 0 bridgehead atoms. The van der Waals surface area contributed by atoms with E-state index in [-0.39, 0.29) is 11.0 Å². The molecule has 0 N–H and O–H groups in total. The van der Waals surface area contributed by atoms with Crippen molar-refractivity contribution in [3.05, 3.63) is 72.6 Å². The summed E-state index contributed by atoms with van der Waals surface area (Å²) in [5.74, 6) is 1.42. The van der Waals surface area contributed by atoms with E-state index in [9.17, 15) is 8.42 Å². The first-order chi connectivity index (χ1) is 18.0. The number of benzene rings is 2. The van der Waals surface area contributed by atoms with E-state index in [1.165, 1.54) is 17.1 Å². The Balaban J connectivity index is 1.47. The second-order valence-corrected chi connectivity index (χ2v) is 11.3. The second kappa shape index (κ2) is 11.5. The van der Waals surface area contributed by atoms with Crippen LogP contribution in [0.15, 0.2) is 71.9 Å². The van der Waals surface area contributed by atoms with Gasteiger partial charge in [0.15, 0.2) is 11.5 Å². The average Bonchev–Trinajstić information content (AvgIpc) is 3.46. The molecule has 2 fully saturated rings. The smallest absolute Gasteiger partial charge is 0.243 e. The van der Waals surface area contributed by atoms with E-state index < -0.39 is 10.0 Å². The molecule has 1 aromatic heterocycles. The van der Waals surface area contributed by atoms with Gasteiger partial charge in [-0.15, -0.1) is 0 Å². The number of aromatic nitrogens is 1. The van der Waals surface area contributed by atoms with Gasteiger partial charge < -0.3 is 19.1 Å². The summed E-state index contributed by atoms with van der Waals surface area (Å²) in [4.78, 5) is 6.68. The molecule has 1 saturated carbocycles. The van der Waals surface area contributed by atoms with Crippen LogP contribution >= 0.6 is 0 Å². The number of rotatable bonds is 9. The molecule has 1 aliphatic carbocycles. The third kappa shape index (κ3) is 5.89. The maximum Gasteiger partial charge on any atom is 0.243 e. The van der Waals surface area contributed by atoms with E-state index in [1.54, 1.807) is 25.4 Å². The van der Waals surface area contributed by atoms with Crippen LogP contribution < -0.4 is 14.4 Å². The molecule has 0 unspecified atom stereocenters. The fraction of sp³-hybridized carbons (Fsp3) is 0.393. The van der Waals surface area contributed by atoms with E-state index in [2.05, 4.69) is 9.88 Å². The van der Waals surface area contributed by atoms with Crippen LogP contribution in [0.1, 0.15) is 31.2 Å². The van der Waals surface area contributed by atoms with Crippen molar-refractivity contribution in [2.24, 2.45) is 0 Å². The molecule has 2 aromatic carbocycles. The van der Waals surface area contributed by atoms with Crippen LogP contribution in [0.5, 0.6) is 11.5 Å². The molecule has 2 heterocycles. The van der Waals surface area contributed by atoms with Crippen LogP contribution in [0, 0.1) is 0 Å². The predicted molar refractivity (Wildman–Crippen MR) is 142 cm³/mol. The van der Waals surface area contributed by atoms with Crippen molar-refractivity contribution in [1.82, 2.24) is 9.29 Å². The van der Waals surface area contributed by atoms with E-state index >= 15 is 0 Å². The molecule has 9 heteroatoms. The summed E-state index contributed by atoms with van der Waals surface area (Å²) in [7, 11) is -1.92. The fourth-order valence-electron chi connectivity index (χ4n) is 4.85. The SMILES string of the molecule is COc1ccc(N(Cc2cccnc2)c2ccc(S(=O)(=O)N3CCOCC3)cc2)cc1OC1CCCC1. The Morgan fingerprint density at radius 2 is 1.73 bits per heavy atom. The summed E-state index contributed by atoms with van der Waals surface area (Å²) < 4.78 is 45.0. The van der Waals surface area contributed by atoms with Gasteiger partial charge in [-0.3, -0.25) is 4.98 Å². The Morgan fingerprint density at radius 1 is 1.00 bits per heavy atom. The highest BCUT2D eigenvalue weighted by Crippen LogP contribution is 2.38. The van der Waals surface area contributed by atoms with Gasteiger partial charge in [-0.1, -0.05) is 6.07 Å². The average molecular weight is 524 g/mol. The summed E-state index contributed by atoms with van der Waals surface area (Å²) >= 11 is 0. The van der Waals surface area contributed by atoms with Crippen molar-refractivity contribution < 1.29 is 22.6 Å². The number of hydrogen-bond donors (Lipinski definition) is 0. The molecule has 1 aliphatic heterocycles. The van der Waals surface area contributed by atoms with Crippen molar-refractivity contribution in [1.29, 1.82) is 0 Å². The van der Waals surface area contributed by atoms with Gasteiger partial charge in [0, 0.05) is 49.5 Å². The monoisotopic (exact) mass is 523 g/mol. The van der Waals surface area contributed by atoms with Gasteiger partial charge in [-0.05, 0) is 73.7 Å². The topological polar surface area (TPSA) is 81.2 Å². The van der Waals surface area contributed by atoms with Gasteiger partial charge in [-0.25, -0.2) is 8.42 Å². The lowest BCUT2D eigenvalue weighted by Crippen LogP contribution is -2.40. The first kappa shape index (κ1) is 25.5. The zero-order valence-electron chi connectivity index (χ0n) is 21.1. The zero-order valence-corrected chi connectivity index (χ0v) is 21.9. The molecule has 2 aliphatic rings. The lowest BCUT2D eigenvalue weighted by atomic mass is 10.1. The second-order valence-electron chi connectivity index (χ2n) is 9.32. The molecular weight excluding hydrogens is 490 g/mol. The lowest BCUT2D eigenvalue weighted by Gasteiger charge is -2.28. The minimum absolute atomic E-state index is 0.195. The highest BCUT2D eigenvalue weighted by Gasteiger charge is 2.27. The fourth-order valence-corrected chi connectivity index (χ4v) is 6.26. The van der Waals surface area contributed by atoms with Crippen LogP contribution in [0.2, 0.25) is 0 Å². The van der Waals surface area contributed by atoms with Gasteiger partial charge in [0.1, 0.15) is 0 Å². The van der Waals surface area contributed by atoms with Crippen LogP contribution in [-0.2, 0) is 21.3 Å². The molecule has 8 nitrogen and oxygen atoms in total. The van der Waals surface area contributed by atoms with Crippen LogP contribution in [0.4, 0.5) is 11.4 Å². The highest BCUT2D eigenvalue weighted by atomic mass is 32.2. The largest absolute Gasteiger partial charge is 0.493 e. The summed E-state index contributed by atoms with van der Waals surface area (Å²) in [5.41, 5.74) is 2.81. The van der Waals surface area contributed by atoms with Crippen molar-refractivity contribution in [3.8, 4) is 11.5 Å². The molecule has 0 radical (unpaired) electrons. The maximum absolute atomic E-state index is 13.1. The Hall–Kier alpha value is -3.14. The number of ether oxygens (including phenoxy) is 3.